The molecule has 5 atom stereocenters. The molecular weight excluding hydrogens is 262 g/mol. The van der Waals surface area contributed by atoms with E-state index < -0.39 is 43.3 Å². The monoisotopic (exact) mass is 277 g/mol. The van der Waals surface area contributed by atoms with Gasteiger partial charge in [0, 0.05) is 4.91 Å². The van der Waals surface area contributed by atoms with Crippen LogP contribution in [0, 0.1) is 0 Å². The molecule has 0 aromatic heterocycles. The SMILES string of the molecule is COC(=O)CO[C@@H]1O[C@H](CN=[N+]=[N-])[C@@H](O)[C@H](O)[C@H]1O. The third-order valence-corrected chi connectivity index (χ3v) is 2.59. The Hall–Kier alpha value is -1.42. The highest BCUT2D eigenvalue weighted by Gasteiger charge is 2.44. The van der Waals surface area contributed by atoms with Crippen molar-refractivity contribution in [3.8, 4) is 0 Å². The van der Waals surface area contributed by atoms with Gasteiger partial charge in [0.15, 0.2) is 6.29 Å². The van der Waals surface area contributed by atoms with E-state index in [1.165, 1.54) is 0 Å². The van der Waals surface area contributed by atoms with Crippen LogP contribution in [-0.4, -0.2) is 72.3 Å². The molecule has 0 amide bonds. The van der Waals surface area contributed by atoms with Crippen LogP contribution in [0.3, 0.4) is 0 Å². The van der Waals surface area contributed by atoms with Gasteiger partial charge in [0.1, 0.15) is 24.9 Å². The van der Waals surface area contributed by atoms with Crippen molar-refractivity contribution in [3.63, 3.8) is 0 Å². The number of aliphatic hydroxyl groups excluding tert-OH is 3. The van der Waals surface area contributed by atoms with Gasteiger partial charge in [0.25, 0.3) is 0 Å². The number of hydrogen-bond donors (Lipinski definition) is 3. The van der Waals surface area contributed by atoms with Crippen molar-refractivity contribution < 1.29 is 34.3 Å². The van der Waals surface area contributed by atoms with Crippen LogP contribution in [0.2, 0.25) is 0 Å². The Morgan fingerprint density at radius 2 is 2.05 bits per heavy atom. The lowest BCUT2D eigenvalue weighted by Gasteiger charge is -2.39. The molecule has 10 nitrogen and oxygen atoms in total. The zero-order valence-electron chi connectivity index (χ0n) is 10.1. The zero-order chi connectivity index (χ0) is 14.4. The quantitative estimate of drug-likeness (QED) is 0.234. The normalized spacial score (nSPS) is 34.4. The van der Waals surface area contributed by atoms with Crippen molar-refractivity contribution in [2.24, 2.45) is 5.11 Å². The first-order valence-corrected chi connectivity index (χ1v) is 5.40. The van der Waals surface area contributed by atoms with Crippen molar-refractivity contribution >= 4 is 5.97 Å². The Labute approximate surface area is 108 Å². The summed E-state index contributed by atoms with van der Waals surface area (Å²) in [6, 6.07) is 0. The van der Waals surface area contributed by atoms with Gasteiger partial charge in [0.2, 0.25) is 0 Å². The number of nitrogens with zero attached hydrogens (tertiary/aromatic N) is 3. The zero-order valence-corrected chi connectivity index (χ0v) is 10.1. The molecule has 0 spiro atoms. The molecule has 1 heterocycles. The fourth-order valence-corrected chi connectivity index (χ4v) is 1.53. The average molecular weight is 277 g/mol. The summed E-state index contributed by atoms with van der Waals surface area (Å²) < 4.78 is 14.4. The summed E-state index contributed by atoms with van der Waals surface area (Å²) in [6.45, 7) is -0.741. The number of rotatable bonds is 5. The molecule has 0 aliphatic carbocycles. The first-order chi connectivity index (χ1) is 9.01. The van der Waals surface area contributed by atoms with Crippen molar-refractivity contribution in [1.82, 2.24) is 0 Å². The van der Waals surface area contributed by atoms with Gasteiger partial charge in [0.05, 0.1) is 19.8 Å². The molecule has 0 unspecified atom stereocenters. The van der Waals surface area contributed by atoms with E-state index in [4.69, 9.17) is 15.0 Å². The molecule has 1 rings (SSSR count). The Kier molecular flexibility index (Phi) is 5.96. The lowest BCUT2D eigenvalue weighted by Crippen LogP contribution is -2.59. The highest BCUT2D eigenvalue weighted by atomic mass is 16.7. The predicted molar refractivity (Wildman–Crippen MR) is 58.7 cm³/mol. The largest absolute Gasteiger partial charge is 0.467 e. The van der Waals surface area contributed by atoms with Gasteiger partial charge in [-0.2, -0.15) is 0 Å². The van der Waals surface area contributed by atoms with E-state index in [1.807, 2.05) is 0 Å². The summed E-state index contributed by atoms with van der Waals surface area (Å²) in [6.07, 6.45) is -6.90. The van der Waals surface area contributed by atoms with Gasteiger partial charge in [-0.1, -0.05) is 5.11 Å². The number of carbonyl (C=O) groups excluding carboxylic acids is 1. The lowest BCUT2D eigenvalue weighted by molar-refractivity contribution is -0.293. The van der Waals surface area contributed by atoms with Crippen LogP contribution in [0.4, 0.5) is 0 Å². The van der Waals surface area contributed by atoms with E-state index >= 15 is 0 Å². The first kappa shape index (κ1) is 15.6. The number of azide groups is 1. The summed E-state index contributed by atoms with van der Waals surface area (Å²) in [5.74, 6) is -0.692. The van der Waals surface area contributed by atoms with Crippen LogP contribution in [0.5, 0.6) is 0 Å². The predicted octanol–water partition coefficient (Wildman–Crippen LogP) is -1.71. The Morgan fingerprint density at radius 3 is 2.63 bits per heavy atom. The van der Waals surface area contributed by atoms with Crippen molar-refractivity contribution in [2.45, 2.75) is 30.7 Å². The number of esters is 1. The van der Waals surface area contributed by atoms with Crippen molar-refractivity contribution in [3.05, 3.63) is 10.4 Å². The molecule has 3 N–H and O–H groups in total. The van der Waals surface area contributed by atoms with E-state index in [0.29, 0.717) is 0 Å². The second kappa shape index (κ2) is 7.24. The van der Waals surface area contributed by atoms with E-state index in [1.54, 1.807) is 0 Å². The van der Waals surface area contributed by atoms with E-state index in [-0.39, 0.29) is 6.54 Å². The van der Waals surface area contributed by atoms with Gasteiger partial charge < -0.3 is 29.5 Å². The molecule has 0 aromatic rings. The van der Waals surface area contributed by atoms with Crippen LogP contribution in [0.25, 0.3) is 10.4 Å². The van der Waals surface area contributed by atoms with Gasteiger partial charge in [-0.25, -0.2) is 4.79 Å². The van der Waals surface area contributed by atoms with Crippen LogP contribution in [0.15, 0.2) is 5.11 Å². The molecule has 0 radical (unpaired) electrons. The fourth-order valence-electron chi connectivity index (χ4n) is 1.53. The average Bonchev–Trinajstić information content (AvgIpc) is 2.42. The lowest BCUT2D eigenvalue weighted by atomic mass is 9.99. The Morgan fingerprint density at radius 1 is 1.37 bits per heavy atom. The smallest absolute Gasteiger partial charge is 0.331 e. The molecule has 1 aliphatic rings. The summed E-state index contributed by atoms with van der Waals surface area (Å²) in [7, 11) is 1.16. The fraction of sp³-hybridized carbons (Fsp3) is 0.889. The van der Waals surface area contributed by atoms with E-state index in [9.17, 15) is 20.1 Å². The Balaban J connectivity index is 2.64. The second-order valence-electron chi connectivity index (χ2n) is 3.82. The van der Waals surface area contributed by atoms with E-state index in [2.05, 4.69) is 14.8 Å². The number of ether oxygens (including phenoxy) is 3. The van der Waals surface area contributed by atoms with Crippen LogP contribution in [0.1, 0.15) is 0 Å². The van der Waals surface area contributed by atoms with Crippen LogP contribution in [-0.2, 0) is 19.0 Å². The minimum atomic E-state index is -1.55. The third-order valence-electron chi connectivity index (χ3n) is 2.59. The Bertz CT molecular complexity index is 360. The number of methoxy groups -OCH3 is 1. The topological polar surface area (TPSA) is 154 Å². The van der Waals surface area contributed by atoms with Gasteiger partial charge in [-0.15, -0.1) is 0 Å². The standard InChI is InChI=1S/C9H15N3O7/c1-17-5(13)3-18-9-8(16)7(15)6(14)4(19-9)2-11-12-10/h4,6-9,14-16H,2-3H2,1H3/t4-,6-,7+,8-,9-/m1/s1. The van der Waals surface area contributed by atoms with E-state index in [0.717, 1.165) is 7.11 Å². The summed E-state index contributed by atoms with van der Waals surface area (Å²) in [5.41, 5.74) is 8.19. The summed E-state index contributed by atoms with van der Waals surface area (Å²) in [5, 5.41) is 32.0. The first-order valence-electron chi connectivity index (χ1n) is 5.40. The maximum absolute atomic E-state index is 10.9. The van der Waals surface area contributed by atoms with Gasteiger partial charge >= 0.3 is 5.97 Å². The second-order valence-corrected chi connectivity index (χ2v) is 3.82. The van der Waals surface area contributed by atoms with Gasteiger partial charge in [-0.05, 0) is 5.53 Å². The minimum absolute atomic E-state index is 0.250. The van der Waals surface area contributed by atoms with Crippen molar-refractivity contribution in [1.29, 1.82) is 0 Å². The molecule has 19 heavy (non-hydrogen) atoms. The molecule has 1 fully saturated rings. The van der Waals surface area contributed by atoms with Gasteiger partial charge in [-0.3, -0.25) is 0 Å². The number of hydrogen-bond acceptors (Lipinski definition) is 8. The highest BCUT2D eigenvalue weighted by molar-refractivity contribution is 5.70. The third kappa shape index (κ3) is 4.03. The minimum Gasteiger partial charge on any atom is -0.467 e. The molecular formula is C9H15N3O7. The molecule has 1 saturated heterocycles. The molecule has 1 aliphatic heterocycles. The maximum Gasteiger partial charge on any atom is 0.331 e. The summed E-state index contributed by atoms with van der Waals surface area (Å²) in [4.78, 5) is 13.4. The molecule has 0 bridgehead atoms. The molecule has 0 aromatic carbocycles. The molecule has 0 saturated carbocycles. The number of aliphatic hydroxyl groups is 3. The maximum atomic E-state index is 10.9. The molecule has 108 valence electrons. The van der Waals surface area contributed by atoms with Crippen LogP contribution >= 0.6 is 0 Å². The van der Waals surface area contributed by atoms with Crippen molar-refractivity contribution in [2.75, 3.05) is 20.3 Å². The molecule has 10 heteroatoms. The van der Waals surface area contributed by atoms with Crippen LogP contribution < -0.4 is 0 Å². The highest BCUT2D eigenvalue weighted by Crippen LogP contribution is 2.22. The number of carbonyl (C=O) groups is 1. The summed E-state index contributed by atoms with van der Waals surface area (Å²) >= 11 is 0.